The van der Waals surface area contributed by atoms with Crippen molar-refractivity contribution in [1.82, 2.24) is 10.9 Å². The fraction of sp³-hybridized carbons (Fsp3) is 0.0667. The number of hydrogen-bond acceptors (Lipinski definition) is 3. The molecule has 132 valence electrons. The minimum atomic E-state index is -0.670. The molecule has 3 N–H and O–H groups in total. The van der Waals surface area contributed by atoms with Gasteiger partial charge in [-0.05, 0) is 36.4 Å². The van der Waals surface area contributed by atoms with Crippen molar-refractivity contribution in [1.29, 1.82) is 0 Å². The Hall–Kier alpha value is -1.86. The van der Waals surface area contributed by atoms with Gasteiger partial charge in [-0.3, -0.25) is 10.2 Å². The van der Waals surface area contributed by atoms with E-state index in [1.54, 1.807) is 12.1 Å². The van der Waals surface area contributed by atoms with Crippen molar-refractivity contribution < 1.29 is 14.3 Å². The Labute approximate surface area is 163 Å². The molecule has 0 aliphatic rings. The van der Waals surface area contributed by atoms with Crippen molar-refractivity contribution in [3.63, 3.8) is 0 Å². The first-order valence-corrected chi connectivity index (χ1v) is 8.25. The Bertz CT molecular complexity index is 802. The predicted molar refractivity (Wildman–Crippen MR) is 98.7 cm³/mol. The number of anilines is 1. The molecule has 0 aromatic heterocycles. The SMILES string of the molecule is O=C(COc1ccc(Cl)cc1Cl)NNC(=O)Nc1ccc(Cl)c(Cl)c1. The number of halogens is 4. The minimum Gasteiger partial charge on any atom is -0.482 e. The van der Waals surface area contributed by atoms with Crippen LogP contribution in [0, 0.1) is 0 Å². The summed E-state index contributed by atoms with van der Waals surface area (Å²) in [5.74, 6) is -0.295. The maximum Gasteiger partial charge on any atom is 0.337 e. The number of urea groups is 1. The number of rotatable bonds is 4. The van der Waals surface area contributed by atoms with Gasteiger partial charge in [-0.15, -0.1) is 0 Å². The third-order valence-corrected chi connectivity index (χ3v) is 4.02. The molecule has 6 nitrogen and oxygen atoms in total. The number of hydrazine groups is 1. The topological polar surface area (TPSA) is 79.5 Å². The Balaban J connectivity index is 1.77. The molecule has 0 saturated heterocycles. The van der Waals surface area contributed by atoms with Crippen LogP contribution < -0.4 is 20.9 Å². The van der Waals surface area contributed by atoms with Crippen LogP contribution in [0.15, 0.2) is 36.4 Å². The van der Waals surface area contributed by atoms with Crippen LogP contribution in [-0.4, -0.2) is 18.5 Å². The smallest absolute Gasteiger partial charge is 0.337 e. The quantitative estimate of drug-likeness (QED) is 0.633. The summed E-state index contributed by atoms with van der Waals surface area (Å²) in [6.45, 7) is -0.353. The fourth-order valence-corrected chi connectivity index (χ4v) is 2.40. The molecule has 0 bridgehead atoms. The number of nitrogens with one attached hydrogen (secondary N) is 3. The van der Waals surface area contributed by atoms with Gasteiger partial charge in [0.2, 0.25) is 0 Å². The van der Waals surface area contributed by atoms with Gasteiger partial charge in [0.15, 0.2) is 6.61 Å². The highest BCUT2D eigenvalue weighted by Crippen LogP contribution is 2.27. The van der Waals surface area contributed by atoms with E-state index in [2.05, 4.69) is 16.2 Å². The van der Waals surface area contributed by atoms with E-state index in [4.69, 9.17) is 51.1 Å². The summed E-state index contributed by atoms with van der Waals surface area (Å²) < 4.78 is 5.23. The first kappa shape index (κ1) is 19.5. The molecule has 10 heteroatoms. The van der Waals surface area contributed by atoms with Crippen LogP contribution in [0.2, 0.25) is 20.1 Å². The maximum atomic E-state index is 11.7. The lowest BCUT2D eigenvalue weighted by Gasteiger charge is -2.11. The zero-order valence-corrected chi connectivity index (χ0v) is 15.4. The Morgan fingerprint density at radius 3 is 2.32 bits per heavy atom. The van der Waals surface area contributed by atoms with Gasteiger partial charge in [-0.25, -0.2) is 10.2 Å². The van der Waals surface area contributed by atoms with Gasteiger partial charge in [0.25, 0.3) is 5.91 Å². The van der Waals surface area contributed by atoms with E-state index in [1.165, 1.54) is 24.3 Å². The van der Waals surface area contributed by atoms with E-state index < -0.39 is 11.9 Å². The van der Waals surface area contributed by atoms with Crippen molar-refractivity contribution in [2.45, 2.75) is 0 Å². The monoisotopic (exact) mass is 421 g/mol. The lowest BCUT2D eigenvalue weighted by Crippen LogP contribution is -2.45. The first-order chi connectivity index (χ1) is 11.8. The third kappa shape index (κ3) is 6.17. The van der Waals surface area contributed by atoms with Gasteiger partial charge in [0.1, 0.15) is 5.75 Å². The summed E-state index contributed by atoms with van der Waals surface area (Å²) in [5.41, 5.74) is 4.75. The number of hydrogen-bond donors (Lipinski definition) is 3. The number of carbonyl (C=O) groups is 2. The number of benzene rings is 2. The van der Waals surface area contributed by atoms with Crippen molar-refractivity contribution in [3.8, 4) is 5.75 Å². The summed E-state index contributed by atoms with van der Waals surface area (Å²) in [4.78, 5) is 23.4. The average molecular weight is 423 g/mol. The molecule has 2 aromatic rings. The van der Waals surface area contributed by atoms with E-state index in [0.717, 1.165) is 0 Å². The molecule has 0 saturated carbocycles. The molecule has 0 radical (unpaired) electrons. The van der Waals surface area contributed by atoms with E-state index in [0.29, 0.717) is 21.5 Å². The summed E-state index contributed by atoms with van der Waals surface area (Å²) in [5, 5.41) is 3.83. The number of amides is 3. The molecule has 0 spiro atoms. The van der Waals surface area contributed by atoms with Crippen LogP contribution in [0.5, 0.6) is 5.75 Å². The molecule has 25 heavy (non-hydrogen) atoms. The van der Waals surface area contributed by atoms with Gasteiger partial charge in [0, 0.05) is 10.7 Å². The number of carbonyl (C=O) groups excluding carboxylic acids is 2. The fourth-order valence-electron chi connectivity index (χ4n) is 1.63. The molecule has 0 heterocycles. The molecule has 3 amide bonds. The molecule has 0 aliphatic carbocycles. The van der Waals surface area contributed by atoms with Crippen LogP contribution in [-0.2, 0) is 4.79 Å². The Kier molecular flexibility index (Phi) is 7.01. The second kappa shape index (κ2) is 9.01. The molecule has 2 rings (SSSR count). The van der Waals surface area contributed by atoms with E-state index >= 15 is 0 Å². The summed E-state index contributed by atoms with van der Waals surface area (Å²) in [6.07, 6.45) is 0. The van der Waals surface area contributed by atoms with Crippen LogP contribution in [0.3, 0.4) is 0 Å². The third-order valence-electron chi connectivity index (χ3n) is 2.75. The molecule has 0 fully saturated rings. The normalized spacial score (nSPS) is 10.1. The zero-order valence-electron chi connectivity index (χ0n) is 12.4. The van der Waals surface area contributed by atoms with Gasteiger partial charge in [-0.1, -0.05) is 46.4 Å². The molecular formula is C15H11Cl4N3O3. The van der Waals surface area contributed by atoms with Crippen LogP contribution >= 0.6 is 46.4 Å². The number of ether oxygens (including phenoxy) is 1. The van der Waals surface area contributed by atoms with Crippen LogP contribution in [0.25, 0.3) is 0 Å². The van der Waals surface area contributed by atoms with Crippen LogP contribution in [0.4, 0.5) is 10.5 Å². The maximum absolute atomic E-state index is 11.7. The minimum absolute atomic E-state index is 0.269. The van der Waals surface area contributed by atoms with E-state index in [-0.39, 0.29) is 16.7 Å². The Morgan fingerprint density at radius 1 is 0.880 bits per heavy atom. The van der Waals surface area contributed by atoms with Gasteiger partial charge < -0.3 is 10.1 Å². The van der Waals surface area contributed by atoms with E-state index in [9.17, 15) is 9.59 Å². The Morgan fingerprint density at radius 2 is 1.64 bits per heavy atom. The highest BCUT2D eigenvalue weighted by molar-refractivity contribution is 6.42. The van der Waals surface area contributed by atoms with Crippen molar-refractivity contribution in [2.75, 3.05) is 11.9 Å². The lowest BCUT2D eigenvalue weighted by atomic mass is 10.3. The molecule has 0 aliphatic heterocycles. The largest absolute Gasteiger partial charge is 0.482 e. The molecule has 0 unspecified atom stereocenters. The van der Waals surface area contributed by atoms with Gasteiger partial charge in [0.05, 0.1) is 15.1 Å². The van der Waals surface area contributed by atoms with Gasteiger partial charge in [-0.2, -0.15) is 0 Å². The first-order valence-electron chi connectivity index (χ1n) is 6.74. The van der Waals surface area contributed by atoms with Crippen LogP contribution in [0.1, 0.15) is 0 Å². The van der Waals surface area contributed by atoms with Gasteiger partial charge >= 0.3 is 6.03 Å². The molecular weight excluding hydrogens is 412 g/mol. The van der Waals surface area contributed by atoms with Crippen molar-refractivity contribution in [3.05, 3.63) is 56.5 Å². The van der Waals surface area contributed by atoms with E-state index in [1.807, 2.05) is 0 Å². The summed E-state index contributed by atoms with van der Waals surface area (Å²) >= 11 is 23.3. The summed E-state index contributed by atoms with van der Waals surface area (Å²) in [6, 6.07) is 8.47. The standard InChI is InChI=1S/C15H11Cl4N3O3/c16-8-1-4-13(12(19)5-8)25-7-14(23)21-22-15(24)20-9-2-3-10(17)11(18)6-9/h1-6H,7H2,(H,21,23)(H2,20,22,24). The summed E-state index contributed by atoms with van der Waals surface area (Å²) in [7, 11) is 0. The average Bonchev–Trinajstić information content (AvgIpc) is 2.55. The predicted octanol–water partition coefficient (Wildman–Crippen LogP) is 4.53. The molecule has 0 atom stereocenters. The van der Waals surface area contributed by atoms with Crippen molar-refractivity contribution >= 4 is 64.0 Å². The molecule has 2 aromatic carbocycles. The van der Waals surface area contributed by atoms with Crippen molar-refractivity contribution in [2.24, 2.45) is 0 Å². The second-order valence-electron chi connectivity index (χ2n) is 4.62. The highest BCUT2D eigenvalue weighted by Gasteiger charge is 2.08. The second-order valence-corrected chi connectivity index (χ2v) is 6.28. The zero-order chi connectivity index (χ0) is 18.4. The lowest BCUT2D eigenvalue weighted by molar-refractivity contribution is -0.123. The highest BCUT2D eigenvalue weighted by atomic mass is 35.5.